The van der Waals surface area contributed by atoms with Crippen molar-refractivity contribution in [3.05, 3.63) is 67.1 Å². The van der Waals surface area contributed by atoms with Crippen LogP contribution in [0.2, 0.25) is 0 Å². The van der Waals surface area contributed by atoms with Gasteiger partial charge in [0, 0.05) is 46.8 Å². The first-order chi connectivity index (χ1) is 10.3. The summed E-state index contributed by atoms with van der Waals surface area (Å²) in [5.74, 6) is -0.247. The molecule has 4 rings (SSSR count). The van der Waals surface area contributed by atoms with Crippen LogP contribution in [0.4, 0.5) is 4.39 Å². The van der Waals surface area contributed by atoms with Crippen molar-refractivity contribution in [2.45, 2.75) is 0 Å². The summed E-state index contributed by atoms with van der Waals surface area (Å²) < 4.78 is 15.0. The van der Waals surface area contributed by atoms with Crippen molar-refractivity contribution in [1.82, 2.24) is 19.7 Å². The van der Waals surface area contributed by atoms with Gasteiger partial charge in [0.15, 0.2) is 0 Å². The van der Waals surface area contributed by atoms with Gasteiger partial charge in [-0.15, -0.1) is 0 Å². The molecule has 0 amide bonds. The molecule has 0 aliphatic heterocycles. The van der Waals surface area contributed by atoms with E-state index in [1.165, 1.54) is 12.1 Å². The van der Waals surface area contributed by atoms with Gasteiger partial charge >= 0.3 is 0 Å². The molecule has 0 atom stereocenters. The van der Waals surface area contributed by atoms with E-state index in [4.69, 9.17) is 0 Å². The van der Waals surface area contributed by atoms with Crippen LogP contribution in [0.3, 0.4) is 0 Å². The molecule has 0 aliphatic rings. The van der Waals surface area contributed by atoms with E-state index in [9.17, 15) is 4.39 Å². The lowest BCUT2D eigenvalue weighted by atomic mass is 10.1. The largest absolute Gasteiger partial charge is 0.360 e. The van der Waals surface area contributed by atoms with Gasteiger partial charge in [-0.1, -0.05) is 0 Å². The molecule has 1 N–H and O–H groups in total. The molecular weight excluding hydrogens is 267 g/mol. The van der Waals surface area contributed by atoms with Crippen LogP contribution in [-0.4, -0.2) is 19.7 Å². The average Bonchev–Trinajstić information content (AvgIpc) is 3.13. The van der Waals surface area contributed by atoms with Gasteiger partial charge in [-0.05, 0) is 30.3 Å². The van der Waals surface area contributed by atoms with Crippen molar-refractivity contribution in [1.29, 1.82) is 0 Å². The number of nitrogens with one attached hydrogen (secondary N) is 1. The zero-order valence-electron chi connectivity index (χ0n) is 11.0. The smallest absolute Gasteiger partial charge is 0.125 e. The van der Waals surface area contributed by atoms with E-state index in [1.54, 1.807) is 29.3 Å². The van der Waals surface area contributed by atoms with Crippen molar-refractivity contribution in [2.24, 2.45) is 0 Å². The molecule has 5 heteroatoms. The Morgan fingerprint density at radius 1 is 1.10 bits per heavy atom. The number of hydrogen-bond acceptors (Lipinski definition) is 2. The van der Waals surface area contributed by atoms with Crippen LogP contribution < -0.4 is 0 Å². The second-order valence-corrected chi connectivity index (χ2v) is 4.77. The summed E-state index contributed by atoms with van der Waals surface area (Å²) in [6.45, 7) is 0. The van der Waals surface area contributed by atoms with Crippen LogP contribution in [0, 0.1) is 5.82 Å². The van der Waals surface area contributed by atoms with Crippen LogP contribution in [0.15, 0.2) is 61.3 Å². The predicted molar refractivity (Wildman–Crippen MR) is 78.6 cm³/mol. The summed E-state index contributed by atoms with van der Waals surface area (Å²) in [4.78, 5) is 7.08. The normalized spacial score (nSPS) is 11.1. The van der Waals surface area contributed by atoms with E-state index < -0.39 is 0 Å². The van der Waals surface area contributed by atoms with Gasteiger partial charge in [-0.2, -0.15) is 5.10 Å². The fourth-order valence-electron chi connectivity index (χ4n) is 2.44. The summed E-state index contributed by atoms with van der Waals surface area (Å²) in [5.41, 5.74) is 3.71. The molecule has 0 saturated heterocycles. The molecule has 3 heterocycles. The maximum atomic E-state index is 13.2. The Labute approximate surface area is 119 Å². The Kier molecular flexibility index (Phi) is 2.57. The first-order valence-corrected chi connectivity index (χ1v) is 6.53. The van der Waals surface area contributed by atoms with E-state index >= 15 is 0 Å². The highest BCUT2D eigenvalue weighted by atomic mass is 19.1. The highest BCUT2D eigenvalue weighted by molar-refractivity contribution is 5.95. The molecule has 4 aromatic rings. The van der Waals surface area contributed by atoms with Crippen molar-refractivity contribution in [3.63, 3.8) is 0 Å². The number of benzene rings is 1. The fourth-order valence-corrected chi connectivity index (χ4v) is 2.44. The monoisotopic (exact) mass is 278 g/mol. The van der Waals surface area contributed by atoms with Crippen LogP contribution in [0.25, 0.3) is 27.7 Å². The van der Waals surface area contributed by atoms with Gasteiger partial charge in [0.25, 0.3) is 0 Å². The first-order valence-electron chi connectivity index (χ1n) is 6.53. The van der Waals surface area contributed by atoms with E-state index in [0.29, 0.717) is 0 Å². The van der Waals surface area contributed by atoms with Gasteiger partial charge in [0.2, 0.25) is 0 Å². The van der Waals surface area contributed by atoms with Crippen LogP contribution in [0.5, 0.6) is 0 Å². The molecule has 0 spiro atoms. The quantitative estimate of drug-likeness (QED) is 0.609. The standard InChI is InChI=1S/C16H11FN4/c17-12-1-2-14-15(9-19-16(14)7-12)11-8-20-21(10-11)13-3-5-18-6-4-13/h1-10,19H. The molecule has 0 unspecified atom stereocenters. The van der Waals surface area contributed by atoms with Crippen molar-refractivity contribution >= 4 is 10.9 Å². The molecule has 0 fully saturated rings. The molecule has 1 aromatic carbocycles. The Morgan fingerprint density at radius 2 is 1.95 bits per heavy atom. The third-order valence-electron chi connectivity index (χ3n) is 3.46. The molecule has 3 aromatic heterocycles. The van der Waals surface area contributed by atoms with Gasteiger partial charge in [-0.3, -0.25) is 4.98 Å². The number of H-pyrrole nitrogens is 1. The van der Waals surface area contributed by atoms with Gasteiger partial charge in [0.05, 0.1) is 11.9 Å². The van der Waals surface area contributed by atoms with Gasteiger partial charge in [0.1, 0.15) is 5.82 Å². The second kappa shape index (κ2) is 4.56. The van der Waals surface area contributed by atoms with E-state index in [1.807, 2.05) is 24.5 Å². The lowest BCUT2D eigenvalue weighted by molar-refractivity contribution is 0.629. The van der Waals surface area contributed by atoms with Crippen molar-refractivity contribution < 1.29 is 4.39 Å². The summed E-state index contributed by atoms with van der Waals surface area (Å²) in [6, 6.07) is 8.52. The molecule has 102 valence electrons. The molecule has 0 saturated carbocycles. The summed E-state index contributed by atoms with van der Waals surface area (Å²) in [5, 5.41) is 5.35. The van der Waals surface area contributed by atoms with Crippen LogP contribution in [-0.2, 0) is 0 Å². The molecule has 4 nitrogen and oxygen atoms in total. The molecule has 0 aliphatic carbocycles. The minimum absolute atomic E-state index is 0.247. The van der Waals surface area contributed by atoms with E-state index in [0.717, 1.165) is 27.7 Å². The summed E-state index contributed by atoms with van der Waals surface area (Å²) in [6.07, 6.45) is 9.07. The lowest BCUT2D eigenvalue weighted by Gasteiger charge is -1.98. The Balaban J connectivity index is 1.81. The molecule has 0 bridgehead atoms. The van der Waals surface area contributed by atoms with Crippen molar-refractivity contribution in [2.75, 3.05) is 0 Å². The Hall–Kier alpha value is -2.95. The van der Waals surface area contributed by atoms with E-state index in [2.05, 4.69) is 15.1 Å². The third-order valence-corrected chi connectivity index (χ3v) is 3.46. The number of aromatic nitrogens is 4. The third kappa shape index (κ3) is 1.99. The average molecular weight is 278 g/mol. The summed E-state index contributed by atoms with van der Waals surface area (Å²) in [7, 11) is 0. The zero-order chi connectivity index (χ0) is 14.2. The van der Waals surface area contributed by atoms with Gasteiger partial charge < -0.3 is 4.98 Å². The molecule has 21 heavy (non-hydrogen) atoms. The minimum atomic E-state index is -0.247. The highest BCUT2D eigenvalue weighted by Gasteiger charge is 2.09. The number of hydrogen-bond donors (Lipinski definition) is 1. The van der Waals surface area contributed by atoms with Gasteiger partial charge in [-0.25, -0.2) is 9.07 Å². The highest BCUT2D eigenvalue weighted by Crippen LogP contribution is 2.29. The number of fused-ring (bicyclic) bond motifs is 1. The van der Waals surface area contributed by atoms with Crippen LogP contribution >= 0.6 is 0 Å². The molecule has 0 radical (unpaired) electrons. The lowest BCUT2D eigenvalue weighted by Crippen LogP contribution is -1.93. The molecular formula is C16H11FN4. The number of aromatic amines is 1. The maximum absolute atomic E-state index is 13.2. The minimum Gasteiger partial charge on any atom is -0.360 e. The predicted octanol–water partition coefficient (Wildman–Crippen LogP) is 3.55. The maximum Gasteiger partial charge on any atom is 0.125 e. The SMILES string of the molecule is Fc1ccc2c(-c3cnn(-c4ccncc4)c3)c[nH]c2c1. The van der Waals surface area contributed by atoms with Crippen molar-refractivity contribution in [3.8, 4) is 16.8 Å². The number of rotatable bonds is 2. The second-order valence-electron chi connectivity index (χ2n) is 4.77. The van der Waals surface area contributed by atoms with E-state index in [-0.39, 0.29) is 5.82 Å². The van der Waals surface area contributed by atoms with Crippen LogP contribution in [0.1, 0.15) is 0 Å². The zero-order valence-corrected chi connectivity index (χ0v) is 11.0. The summed E-state index contributed by atoms with van der Waals surface area (Å²) >= 11 is 0. The Morgan fingerprint density at radius 3 is 2.81 bits per heavy atom. The number of halogens is 1. The number of nitrogens with zero attached hydrogens (tertiary/aromatic N) is 3. The topological polar surface area (TPSA) is 46.5 Å². The fraction of sp³-hybridized carbons (Fsp3) is 0. The number of pyridine rings is 1. The first kappa shape index (κ1) is 11.8. The Bertz CT molecular complexity index is 908.